The third kappa shape index (κ3) is 4.96. The highest BCUT2D eigenvalue weighted by atomic mass is 35.5. The zero-order valence-corrected chi connectivity index (χ0v) is 15.4. The molecule has 0 bridgehead atoms. The number of nitrogens with one attached hydrogen (secondary N) is 1. The van der Waals surface area contributed by atoms with E-state index in [1.165, 1.54) is 13.0 Å². The molecule has 5 heteroatoms. The maximum atomic E-state index is 12.1. The molecule has 3 aromatic rings. The van der Waals surface area contributed by atoms with Gasteiger partial charge in [-0.2, -0.15) is 0 Å². The van der Waals surface area contributed by atoms with Crippen LogP contribution in [-0.4, -0.2) is 18.0 Å². The summed E-state index contributed by atoms with van der Waals surface area (Å²) in [6, 6.07) is 20.4. The van der Waals surface area contributed by atoms with Gasteiger partial charge in [0.15, 0.2) is 6.10 Å². The van der Waals surface area contributed by atoms with Gasteiger partial charge in [0.25, 0.3) is 5.91 Å². The smallest absolute Gasteiger partial charge is 0.331 e. The molecule has 0 heterocycles. The van der Waals surface area contributed by atoms with Crippen molar-refractivity contribution in [2.75, 3.05) is 5.32 Å². The van der Waals surface area contributed by atoms with E-state index in [2.05, 4.69) is 5.32 Å². The quantitative estimate of drug-likeness (QED) is 0.497. The molecule has 0 aromatic heterocycles. The van der Waals surface area contributed by atoms with Gasteiger partial charge in [0.2, 0.25) is 0 Å². The number of fused-ring (bicyclic) bond motifs is 1. The summed E-state index contributed by atoms with van der Waals surface area (Å²) in [6.45, 7) is 1.52. The Bertz CT molecular complexity index is 991. The zero-order valence-electron chi connectivity index (χ0n) is 14.7. The van der Waals surface area contributed by atoms with Crippen LogP contribution in [0.2, 0.25) is 5.02 Å². The summed E-state index contributed by atoms with van der Waals surface area (Å²) >= 11 is 5.81. The van der Waals surface area contributed by atoms with Crippen LogP contribution in [0.3, 0.4) is 0 Å². The first-order valence-corrected chi connectivity index (χ1v) is 8.83. The van der Waals surface area contributed by atoms with E-state index in [0.29, 0.717) is 10.7 Å². The fraction of sp³-hybridized carbons (Fsp3) is 0.0909. The molecule has 0 spiro atoms. The number of halogens is 1. The molecule has 3 rings (SSSR count). The van der Waals surface area contributed by atoms with Crippen molar-refractivity contribution in [3.8, 4) is 0 Å². The maximum Gasteiger partial charge on any atom is 0.331 e. The Morgan fingerprint density at radius 1 is 1.00 bits per heavy atom. The number of esters is 1. The first kappa shape index (κ1) is 18.7. The Hall–Kier alpha value is -3.11. The van der Waals surface area contributed by atoms with E-state index in [-0.39, 0.29) is 0 Å². The molecule has 0 fully saturated rings. The second kappa shape index (κ2) is 8.52. The number of anilines is 1. The lowest BCUT2D eigenvalue weighted by Crippen LogP contribution is -2.29. The summed E-state index contributed by atoms with van der Waals surface area (Å²) in [7, 11) is 0. The molecule has 0 radical (unpaired) electrons. The summed E-state index contributed by atoms with van der Waals surface area (Å²) in [4.78, 5) is 24.2. The van der Waals surface area contributed by atoms with Crippen LogP contribution in [0, 0.1) is 0 Å². The van der Waals surface area contributed by atoms with Crippen molar-refractivity contribution in [2.45, 2.75) is 13.0 Å². The lowest BCUT2D eigenvalue weighted by molar-refractivity contribution is -0.148. The summed E-state index contributed by atoms with van der Waals surface area (Å²) in [6.07, 6.45) is 2.09. The highest BCUT2D eigenvalue weighted by Crippen LogP contribution is 2.19. The first-order chi connectivity index (χ1) is 13.0. The molecule has 0 aliphatic heterocycles. The van der Waals surface area contributed by atoms with Crippen LogP contribution in [0.5, 0.6) is 0 Å². The van der Waals surface area contributed by atoms with Crippen molar-refractivity contribution >= 4 is 46.0 Å². The molecule has 0 unspecified atom stereocenters. The third-order valence-electron chi connectivity index (χ3n) is 4.00. The minimum Gasteiger partial charge on any atom is -0.449 e. The number of hydrogen-bond acceptors (Lipinski definition) is 3. The van der Waals surface area contributed by atoms with E-state index in [1.54, 1.807) is 30.3 Å². The van der Waals surface area contributed by atoms with Crippen molar-refractivity contribution in [1.82, 2.24) is 0 Å². The number of benzene rings is 3. The average Bonchev–Trinajstić information content (AvgIpc) is 2.68. The van der Waals surface area contributed by atoms with Crippen molar-refractivity contribution in [2.24, 2.45) is 0 Å². The maximum absolute atomic E-state index is 12.1. The number of carbonyl (C=O) groups excluding carboxylic acids is 2. The SMILES string of the molecule is C[C@@H](OC(=O)/C=C/c1cccc2ccccc12)C(=O)Nc1ccc(Cl)cc1. The molecule has 0 aliphatic rings. The van der Waals surface area contributed by atoms with Gasteiger partial charge in [-0.25, -0.2) is 4.79 Å². The van der Waals surface area contributed by atoms with Crippen LogP contribution in [0.25, 0.3) is 16.8 Å². The Balaban J connectivity index is 1.61. The molecular formula is C22H18ClNO3. The summed E-state index contributed by atoms with van der Waals surface area (Å²) in [5, 5.41) is 5.37. The van der Waals surface area contributed by atoms with Crippen molar-refractivity contribution in [1.29, 1.82) is 0 Å². The number of carbonyl (C=O) groups is 2. The van der Waals surface area contributed by atoms with Crippen LogP contribution in [-0.2, 0) is 14.3 Å². The van der Waals surface area contributed by atoms with Crippen LogP contribution < -0.4 is 5.32 Å². The van der Waals surface area contributed by atoms with Gasteiger partial charge >= 0.3 is 5.97 Å². The van der Waals surface area contributed by atoms with Gasteiger partial charge in [0.05, 0.1) is 0 Å². The molecule has 136 valence electrons. The molecule has 1 N–H and O–H groups in total. The van der Waals surface area contributed by atoms with Crippen molar-refractivity contribution in [3.05, 3.63) is 83.4 Å². The molecule has 1 amide bonds. The van der Waals surface area contributed by atoms with Crippen LogP contribution in [0.4, 0.5) is 5.69 Å². The average molecular weight is 380 g/mol. The summed E-state index contributed by atoms with van der Waals surface area (Å²) < 4.78 is 5.18. The van der Waals surface area contributed by atoms with E-state index < -0.39 is 18.0 Å². The molecule has 3 aromatic carbocycles. The molecule has 0 saturated heterocycles. The number of amides is 1. The minimum atomic E-state index is -0.926. The zero-order chi connectivity index (χ0) is 19.2. The summed E-state index contributed by atoms with van der Waals surface area (Å²) in [5.74, 6) is -0.995. The molecule has 4 nitrogen and oxygen atoms in total. The predicted octanol–water partition coefficient (Wildman–Crippen LogP) is 5.08. The Morgan fingerprint density at radius 2 is 1.70 bits per heavy atom. The van der Waals surface area contributed by atoms with Crippen molar-refractivity contribution < 1.29 is 14.3 Å². The standard InChI is InChI=1S/C22H18ClNO3/c1-15(22(26)24-19-12-10-18(23)11-13-19)27-21(25)14-9-17-7-4-6-16-5-2-3-8-20(16)17/h2-15H,1H3,(H,24,26)/b14-9+/t15-/m1/s1. The van der Waals surface area contributed by atoms with E-state index >= 15 is 0 Å². The van der Waals surface area contributed by atoms with Crippen LogP contribution in [0.15, 0.2) is 72.8 Å². The first-order valence-electron chi connectivity index (χ1n) is 8.46. The van der Waals surface area contributed by atoms with Gasteiger partial charge in [-0.3, -0.25) is 4.79 Å². The number of ether oxygens (including phenoxy) is 1. The van der Waals surface area contributed by atoms with Crippen LogP contribution in [0.1, 0.15) is 12.5 Å². The van der Waals surface area contributed by atoms with Gasteiger partial charge in [-0.15, -0.1) is 0 Å². The largest absolute Gasteiger partial charge is 0.449 e. The topological polar surface area (TPSA) is 55.4 Å². The van der Waals surface area contributed by atoms with Gasteiger partial charge in [-0.05, 0) is 53.6 Å². The molecule has 0 aliphatic carbocycles. The lowest BCUT2D eigenvalue weighted by atomic mass is 10.0. The Labute approximate surface area is 162 Å². The second-order valence-electron chi connectivity index (χ2n) is 5.98. The van der Waals surface area contributed by atoms with E-state index in [9.17, 15) is 9.59 Å². The monoisotopic (exact) mass is 379 g/mol. The lowest BCUT2D eigenvalue weighted by Gasteiger charge is -2.12. The second-order valence-corrected chi connectivity index (χ2v) is 6.41. The third-order valence-corrected chi connectivity index (χ3v) is 4.25. The molecular weight excluding hydrogens is 362 g/mol. The highest BCUT2D eigenvalue weighted by molar-refractivity contribution is 6.30. The van der Waals surface area contributed by atoms with Gasteiger partial charge in [-0.1, -0.05) is 54.1 Å². The van der Waals surface area contributed by atoms with Gasteiger partial charge in [0, 0.05) is 16.8 Å². The molecule has 0 saturated carbocycles. The number of rotatable bonds is 5. The van der Waals surface area contributed by atoms with Crippen molar-refractivity contribution in [3.63, 3.8) is 0 Å². The van der Waals surface area contributed by atoms with Crippen LogP contribution >= 0.6 is 11.6 Å². The number of hydrogen-bond donors (Lipinski definition) is 1. The van der Waals surface area contributed by atoms with E-state index in [4.69, 9.17) is 16.3 Å². The highest BCUT2D eigenvalue weighted by Gasteiger charge is 2.16. The summed E-state index contributed by atoms with van der Waals surface area (Å²) in [5.41, 5.74) is 1.49. The fourth-order valence-corrected chi connectivity index (χ4v) is 2.72. The molecule has 1 atom stereocenters. The Kier molecular flexibility index (Phi) is 5.89. The van der Waals surface area contributed by atoms with Gasteiger partial charge in [0.1, 0.15) is 0 Å². The minimum absolute atomic E-state index is 0.413. The van der Waals surface area contributed by atoms with Gasteiger partial charge < -0.3 is 10.1 Å². The Morgan fingerprint density at radius 3 is 2.48 bits per heavy atom. The van der Waals surface area contributed by atoms with E-state index in [0.717, 1.165) is 16.3 Å². The normalized spacial score (nSPS) is 12.1. The molecule has 27 heavy (non-hydrogen) atoms. The fourth-order valence-electron chi connectivity index (χ4n) is 2.60. The predicted molar refractivity (Wildman–Crippen MR) is 109 cm³/mol. The van der Waals surface area contributed by atoms with E-state index in [1.807, 2.05) is 42.5 Å².